The molecular weight excluding hydrogens is 268 g/mol. The number of nitro benzene ring substituents is 1. The summed E-state index contributed by atoms with van der Waals surface area (Å²) in [4.78, 5) is 18.0. The minimum atomic E-state index is -0.392. The van der Waals surface area contributed by atoms with Gasteiger partial charge in [-0.1, -0.05) is 20.3 Å². The standard InChI is InChI=1S/C15H20N4O2/c1-15(2)7-3-4-10(9-15)16-14-17-12-6-5-11(19(20)21)8-13(12)18-14/h5-6,8,10H,3-4,7,9H2,1-2H3,(H2,16,17,18). The van der Waals surface area contributed by atoms with Crippen molar-refractivity contribution in [2.45, 2.75) is 45.6 Å². The monoisotopic (exact) mass is 288 g/mol. The third kappa shape index (κ3) is 2.99. The molecule has 3 rings (SSSR count). The minimum Gasteiger partial charge on any atom is -0.353 e. The van der Waals surface area contributed by atoms with Crippen LogP contribution >= 0.6 is 0 Å². The van der Waals surface area contributed by atoms with E-state index in [1.54, 1.807) is 6.07 Å². The third-order valence-corrected chi connectivity index (χ3v) is 4.22. The first-order valence-corrected chi connectivity index (χ1v) is 7.34. The van der Waals surface area contributed by atoms with Gasteiger partial charge in [-0.05, 0) is 30.7 Å². The van der Waals surface area contributed by atoms with Gasteiger partial charge >= 0.3 is 0 Å². The largest absolute Gasteiger partial charge is 0.353 e. The molecule has 1 aromatic heterocycles. The first-order chi connectivity index (χ1) is 9.93. The summed E-state index contributed by atoms with van der Waals surface area (Å²) in [7, 11) is 0. The van der Waals surface area contributed by atoms with Crippen molar-refractivity contribution < 1.29 is 4.92 Å². The van der Waals surface area contributed by atoms with Crippen molar-refractivity contribution in [1.82, 2.24) is 9.97 Å². The summed E-state index contributed by atoms with van der Waals surface area (Å²) in [5.41, 5.74) is 1.89. The summed E-state index contributed by atoms with van der Waals surface area (Å²) in [6.07, 6.45) is 4.73. The van der Waals surface area contributed by atoms with Crippen molar-refractivity contribution in [1.29, 1.82) is 0 Å². The van der Waals surface area contributed by atoms with E-state index in [1.807, 2.05) is 0 Å². The molecule has 1 heterocycles. The Morgan fingerprint density at radius 3 is 3.00 bits per heavy atom. The molecule has 0 aliphatic heterocycles. The maximum atomic E-state index is 10.8. The molecule has 0 bridgehead atoms. The molecule has 1 atom stereocenters. The van der Waals surface area contributed by atoms with Crippen LogP contribution < -0.4 is 5.32 Å². The van der Waals surface area contributed by atoms with Gasteiger partial charge in [0.15, 0.2) is 0 Å². The Bertz CT molecular complexity index is 677. The van der Waals surface area contributed by atoms with Crippen LogP contribution in [0.15, 0.2) is 18.2 Å². The number of rotatable bonds is 3. The fourth-order valence-electron chi connectivity index (χ4n) is 3.19. The van der Waals surface area contributed by atoms with E-state index in [2.05, 4.69) is 29.1 Å². The van der Waals surface area contributed by atoms with Crippen LogP contribution in [0.5, 0.6) is 0 Å². The molecule has 6 nitrogen and oxygen atoms in total. The van der Waals surface area contributed by atoms with Gasteiger partial charge in [-0.3, -0.25) is 10.1 Å². The minimum absolute atomic E-state index is 0.0801. The quantitative estimate of drug-likeness (QED) is 0.663. The van der Waals surface area contributed by atoms with E-state index < -0.39 is 4.92 Å². The number of hydrogen-bond acceptors (Lipinski definition) is 4. The molecule has 0 saturated heterocycles. The normalized spacial score (nSPS) is 21.3. The van der Waals surface area contributed by atoms with Crippen LogP contribution in [0.3, 0.4) is 0 Å². The average molecular weight is 288 g/mol. The lowest BCUT2D eigenvalue weighted by molar-refractivity contribution is -0.384. The zero-order valence-electron chi connectivity index (χ0n) is 12.3. The molecular formula is C15H20N4O2. The van der Waals surface area contributed by atoms with Crippen molar-refractivity contribution in [2.75, 3.05) is 5.32 Å². The predicted molar refractivity (Wildman–Crippen MR) is 82.4 cm³/mol. The van der Waals surface area contributed by atoms with Crippen molar-refractivity contribution in [3.63, 3.8) is 0 Å². The molecule has 1 saturated carbocycles. The number of nitro groups is 1. The summed E-state index contributed by atoms with van der Waals surface area (Å²) >= 11 is 0. The number of anilines is 1. The molecule has 1 aliphatic rings. The van der Waals surface area contributed by atoms with Gasteiger partial charge in [-0.2, -0.15) is 0 Å². The number of hydrogen-bond donors (Lipinski definition) is 2. The summed E-state index contributed by atoms with van der Waals surface area (Å²) in [6.45, 7) is 4.59. The topological polar surface area (TPSA) is 83.8 Å². The number of nitrogens with zero attached hydrogens (tertiary/aromatic N) is 2. The number of fused-ring (bicyclic) bond motifs is 1. The van der Waals surface area contributed by atoms with Crippen molar-refractivity contribution in [3.8, 4) is 0 Å². The van der Waals surface area contributed by atoms with Crippen molar-refractivity contribution >= 4 is 22.7 Å². The van der Waals surface area contributed by atoms with Gasteiger partial charge < -0.3 is 10.3 Å². The Balaban J connectivity index is 1.80. The SMILES string of the molecule is CC1(C)CCCC(Nc2nc3ccc([N+](=O)[O-])cc3[nH]2)C1. The van der Waals surface area contributed by atoms with Crippen LogP contribution in [0, 0.1) is 15.5 Å². The number of aromatic nitrogens is 2. The van der Waals surface area contributed by atoms with E-state index >= 15 is 0 Å². The molecule has 2 N–H and O–H groups in total. The first-order valence-electron chi connectivity index (χ1n) is 7.34. The lowest BCUT2D eigenvalue weighted by Crippen LogP contribution is -2.32. The summed E-state index contributed by atoms with van der Waals surface area (Å²) in [5.74, 6) is 0.702. The highest BCUT2D eigenvalue weighted by molar-refractivity contribution is 5.79. The second kappa shape index (κ2) is 5.02. The van der Waals surface area contributed by atoms with E-state index in [1.165, 1.54) is 25.0 Å². The summed E-state index contributed by atoms with van der Waals surface area (Å²) in [5, 5.41) is 14.2. The highest BCUT2D eigenvalue weighted by Crippen LogP contribution is 2.36. The lowest BCUT2D eigenvalue weighted by Gasteiger charge is -2.35. The Morgan fingerprint density at radius 1 is 1.48 bits per heavy atom. The van der Waals surface area contributed by atoms with E-state index in [0.29, 0.717) is 22.9 Å². The Morgan fingerprint density at radius 2 is 2.29 bits per heavy atom. The first kappa shape index (κ1) is 13.9. The Kier molecular flexibility index (Phi) is 3.31. The molecule has 0 amide bonds. The van der Waals surface area contributed by atoms with Crippen LogP contribution in [0.25, 0.3) is 11.0 Å². The van der Waals surface area contributed by atoms with Gasteiger partial charge in [-0.15, -0.1) is 0 Å². The zero-order valence-corrected chi connectivity index (χ0v) is 12.3. The maximum Gasteiger partial charge on any atom is 0.271 e. The molecule has 0 spiro atoms. The Labute approximate surface area is 123 Å². The number of benzene rings is 1. The summed E-state index contributed by atoms with van der Waals surface area (Å²) in [6, 6.07) is 5.10. The van der Waals surface area contributed by atoms with Gasteiger partial charge in [0.25, 0.3) is 5.69 Å². The van der Waals surface area contributed by atoms with E-state index in [9.17, 15) is 10.1 Å². The number of H-pyrrole nitrogens is 1. The highest BCUT2D eigenvalue weighted by Gasteiger charge is 2.28. The maximum absolute atomic E-state index is 10.8. The fraction of sp³-hybridized carbons (Fsp3) is 0.533. The molecule has 1 fully saturated rings. The van der Waals surface area contributed by atoms with Crippen LogP contribution in [0.4, 0.5) is 11.6 Å². The lowest BCUT2D eigenvalue weighted by atomic mass is 9.75. The van der Waals surface area contributed by atoms with Crippen LogP contribution in [-0.2, 0) is 0 Å². The van der Waals surface area contributed by atoms with Gasteiger partial charge in [0.2, 0.25) is 5.95 Å². The number of non-ortho nitro benzene ring substituents is 1. The fourth-order valence-corrected chi connectivity index (χ4v) is 3.19. The summed E-state index contributed by atoms with van der Waals surface area (Å²) < 4.78 is 0. The van der Waals surface area contributed by atoms with Gasteiger partial charge in [0.05, 0.1) is 16.0 Å². The smallest absolute Gasteiger partial charge is 0.271 e. The number of nitrogens with one attached hydrogen (secondary N) is 2. The van der Waals surface area contributed by atoms with Gasteiger partial charge in [0.1, 0.15) is 0 Å². The molecule has 1 aromatic carbocycles. The van der Waals surface area contributed by atoms with Crippen LogP contribution in [-0.4, -0.2) is 20.9 Å². The average Bonchev–Trinajstić information content (AvgIpc) is 2.78. The molecule has 2 aromatic rings. The van der Waals surface area contributed by atoms with Gasteiger partial charge in [-0.25, -0.2) is 4.98 Å². The second-order valence-electron chi connectivity index (χ2n) is 6.65. The van der Waals surface area contributed by atoms with Gasteiger partial charge in [0, 0.05) is 18.2 Å². The van der Waals surface area contributed by atoms with Crippen LogP contribution in [0.2, 0.25) is 0 Å². The predicted octanol–water partition coefficient (Wildman–Crippen LogP) is 3.85. The van der Waals surface area contributed by atoms with Crippen LogP contribution in [0.1, 0.15) is 39.5 Å². The van der Waals surface area contributed by atoms with Crippen molar-refractivity contribution in [3.05, 3.63) is 28.3 Å². The Hall–Kier alpha value is -2.11. The number of aromatic amines is 1. The third-order valence-electron chi connectivity index (χ3n) is 4.22. The highest BCUT2D eigenvalue weighted by atomic mass is 16.6. The van der Waals surface area contributed by atoms with E-state index in [0.717, 1.165) is 18.4 Å². The molecule has 1 aliphatic carbocycles. The van der Waals surface area contributed by atoms with E-state index in [-0.39, 0.29) is 5.69 Å². The molecule has 21 heavy (non-hydrogen) atoms. The molecule has 6 heteroatoms. The molecule has 112 valence electrons. The second-order valence-corrected chi connectivity index (χ2v) is 6.65. The van der Waals surface area contributed by atoms with E-state index in [4.69, 9.17) is 0 Å². The van der Waals surface area contributed by atoms with Crippen molar-refractivity contribution in [2.24, 2.45) is 5.41 Å². The number of imidazole rings is 1. The molecule has 1 unspecified atom stereocenters. The zero-order chi connectivity index (χ0) is 15.0. The molecule has 0 radical (unpaired) electrons.